The van der Waals surface area contributed by atoms with E-state index < -0.39 is 15.8 Å². The van der Waals surface area contributed by atoms with Crippen LogP contribution in [0.3, 0.4) is 0 Å². The molecule has 0 bridgehead atoms. The molecule has 0 amide bonds. The van der Waals surface area contributed by atoms with E-state index >= 15 is 0 Å². The van der Waals surface area contributed by atoms with E-state index in [2.05, 4.69) is 20.8 Å². The highest BCUT2D eigenvalue weighted by Crippen LogP contribution is 2.30. The summed E-state index contributed by atoms with van der Waals surface area (Å²) in [5.74, 6) is -0.773. The Hall–Kier alpha value is -0.700. The van der Waals surface area contributed by atoms with Crippen molar-refractivity contribution in [2.45, 2.75) is 23.8 Å². The first kappa shape index (κ1) is 15.2. The lowest BCUT2D eigenvalue weighted by Gasteiger charge is -2.36. The average Bonchev–Trinajstić information content (AvgIpc) is 2.90. The molecule has 2 saturated heterocycles. The van der Waals surface area contributed by atoms with Gasteiger partial charge in [-0.05, 0) is 47.4 Å². The van der Waals surface area contributed by atoms with Gasteiger partial charge in [0, 0.05) is 35.8 Å². The SMILES string of the molecule is Nc1cc(S(=O)(=O)N2CCN3CCCC3C2)c(F)cc1Br. The first-order valence-electron chi connectivity index (χ1n) is 6.88. The number of fused-ring (bicyclic) bond motifs is 1. The number of hydrogen-bond acceptors (Lipinski definition) is 4. The van der Waals surface area contributed by atoms with Crippen molar-refractivity contribution in [1.82, 2.24) is 9.21 Å². The minimum atomic E-state index is -3.84. The summed E-state index contributed by atoms with van der Waals surface area (Å²) in [6.07, 6.45) is 2.09. The van der Waals surface area contributed by atoms with Crippen LogP contribution in [0.5, 0.6) is 0 Å². The fraction of sp³-hybridized carbons (Fsp3) is 0.538. The van der Waals surface area contributed by atoms with E-state index in [-0.39, 0.29) is 16.6 Å². The van der Waals surface area contributed by atoms with Crippen molar-refractivity contribution >= 4 is 31.6 Å². The molecule has 3 rings (SSSR count). The molecule has 1 aromatic rings. The molecule has 0 spiro atoms. The molecule has 0 aliphatic carbocycles. The molecule has 116 valence electrons. The fourth-order valence-corrected chi connectivity index (χ4v) is 4.93. The van der Waals surface area contributed by atoms with Crippen LogP contribution in [0.1, 0.15) is 12.8 Å². The van der Waals surface area contributed by atoms with Crippen molar-refractivity contribution < 1.29 is 12.8 Å². The largest absolute Gasteiger partial charge is 0.398 e. The van der Waals surface area contributed by atoms with Crippen LogP contribution in [-0.4, -0.2) is 49.8 Å². The summed E-state index contributed by atoms with van der Waals surface area (Å²) in [6, 6.07) is 2.55. The smallest absolute Gasteiger partial charge is 0.246 e. The lowest BCUT2D eigenvalue weighted by molar-refractivity contribution is 0.158. The Labute approximate surface area is 132 Å². The standard InChI is InChI=1S/C13H17BrFN3O2S/c14-10-6-11(15)13(7-12(10)16)21(19,20)18-5-4-17-3-1-2-9(17)8-18/h6-7,9H,1-5,8,16H2. The number of halogens is 2. The number of nitrogens with two attached hydrogens (primary N) is 1. The van der Waals surface area contributed by atoms with Gasteiger partial charge in [-0.15, -0.1) is 0 Å². The maximum Gasteiger partial charge on any atom is 0.246 e. The number of nitrogens with zero attached hydrogens (tertiary/aromatic N) is 2. The number of sulfonamides is 1. The number of nitrogen functional groups attached to an aromatic ring is 1. The quantitative estimate of drug-likeness (QED) is 0.795. The first-order chi connectivity index (χ1) is 9.89. The average molecular weight is 378 g/mol. The van der Waals surface area contributed by atoms with Gasteiger partial charge in [0.2, 0.25) is 10.0 Å². The van der Waals surface area contributed by atoms with Crippen LogP contribution in [0.4, 0.5) is 10.1 Å². The zero-order valence-electron chi connectivity index (χ0n) is 11.4. The second-order valence-electron chi connectivity index (χ2n) is 5.50. The van der Waals surface area contributed by atoms with Gasteiger partial charge in [0.15, 0.2) is 0 Å². The normalized spacial score (nSPS) is 24.2. The Bertz CT molecular complexity index is 668. The van der Waals surface area contributed by atoms with Gasteiger partial charge in [-0.25, -0.2) is 12.8 Å². The second kappa shape index (κ2) is 5.49. The van der Waals surface area contributed by atoms with Crippen LogP contribution < -0.4 is 5.73 Å². The van der Waals surface area contributed by atoms with E-state index in [9.17, 15) is 12.8 Å². The minimum absolute atomic E-state index is 0.217. The maximum absolute atomic E-state index is 14.0. The first-order valence-corrected chi connectivity index (χ1v) is 9.11. The molecular weight excluding hydrogens is 361 g/mol. The Morgan fingerprint density at radius 1 is 1.29 bits per heavy atom. The van der Waals surface area contributed by atoms with E-state index in [0.717, 1.165) is 25.5 Å². The Kier molecular flexibility index (Phi) is 3.98. The molecule has 8 heteroatoms. The zero-order chi connectivity index (χ0) is 15.2. The van der Waals surface area contributed by atoms with E-state index in [1.54, 1.807) is 0 Å². The van der Waals surface area contributed by atoms with Crippen LogP contribution >= 0.6 is 15.9 Å². The predicted octanol–water partition coefficient (Wildman–Crippen LogP) is 1.64. The van der Waals surface area contributed by atoms with Crippen LogP contribution in [0, 0.1) is 5.82 Å². The molecule has 1 unspecified atom stereocenters. The van der Waals surface area contributed by atoms with Gasteiger partial charge < -0.3 is 5.73 Å². The van der Waals surface area contributed by atoms with Crippen LogP contribution in [0.2, 0.25) is 0 Å². The van der Waals surface area contributed by atoms with E-state index in [4.69, 9.17) is 5.73 Å². The summed E-state index contributed by atoms with van der Waals surface area (Å²) in [7, 11) is -3.84. The summed E-state index contributed by atoms with van der Waals surface area (Å²) in [6.45, 7) is 2.56. The molecule has 2 aliphatic rings. The minimum Gasteiger partial charge on any atom is -0.398 e. The van der Waals surface area contributed by atoms with Crippen LogP contribution in [0.25, 0.3) is 0 Å². The van der Waals surface area contributed by atoms with Crippen molar-refractivity contribution in [3.63, 3.8) is 0 Å². The van der Waals surface area contributed by atoms with Gasteiger partial charge >= 0.3 is 0 Å². The predicted molar refractivity (Wildman–Crippen MR) is 81.9 cm³/mol. The van der Waals surface area contributed by atoms with Crippen molar-refractivity contribution in [2.24, 2.45) is 0 Å². The molecule has 2 fully saturated rings. The third kappa shape index (κ3) is 2.69. The van der Waals surface area contributed by atoms with E-state index in [1.807, 2.05) is 0 Å². The molecule has 2 aliphatic heterocycles. The number of rotatable bonds is 2. The maximum atomic E-state index is 14.0. The molecule has 1 atom stereocenters. The molecule has 0 aromatic heterocycles. The van der Waals surface area contributed by atoms with Crippen molar-refractivity contribution in [3.8, 4) is 0 Å². The molecule has 0 saturated carbocycles. The van der Waals surface area contributed by atoms with Gasteiger partial charge in [-0.1, -0.05) is 0 Å². The second-order valence-corrected chi connectivity index (χ2v) is 8.26. The lowest BCUT2D eigenvalue weighted by Crippen LogP contribution is -2.52. The molecule has 5 nitrogen and oxygen atoms in total. The van der Waals surface area contributed by atoms with Gasteiger partial charge in [0.05, 0.1) is 0 Å². The Morgan fingerprint density at radius 2 is 2.05 bits per heavy atom. The lowest BCUT2D eigenvalue weighted by atomic mass is 10.2. The van der Waals surface area contributed by atoms with Crippen LogP contribution in [0.15, 0.2) is 21.5 Å². The fourth-order valence-electron chi connectivity index (χ4n) is 3.06. The topological polar surface area (TPSA) is 66.6 Å². The van der Waals surface area contributed by atoms with Crippen LogP contribution in [-0.2, 0) is 10.0 Å². The third-order valence-electron chi connectivity index (χ3n) is 4.22. The van der Waals surface area contributed by atoms with Crippen molar-refractivity contribution in [1.29, 1.82) is 0 Å². The molecular formula is C13H17BrFN3O2S. The molecule has 1 aromatic carbocycles. The van der Waals surface area contributed by atoms with Crippen molar-refractivity contribution in [2.75, 3.05) is 31.9 Å². The highest BCUT2D eigenvalue weighted by Gasteiger charge is 2.37. The highest BCUT2D eigenvalue weighted by molar-refractivity contribution is 9.10. The summed E-state index contributed by atoms with van der Waals surface area (Å²) >= 11 is 3.10. The Morgan fingerprint density at radius 3 is 2.81 bits per heavy atom. The van der Waals surface area contributed by atoms with E-state index in [1.165, 1.54) is 10.4 Å². The van der Waals surface area contributed by atoms with Gasteiger partial charge in [-0.3, -0.25) is 4.90 Å². The van der Waals surface area contributed by atoms with Gasteiger partial charge in [0.25, 0.3) is 0 Å². The number of anilines is 1. The summed E-state index contributed by atoms with van der Waals surface area (Å²) in [4.78, 5) is 1.97. The monoisotopic (exact) mass is 377 g/mol. The Balaban J connectivity index is 1.92. The summed E-state index contributed by atoms with van der Waals surface area (Å²) in [5, 5.41) is 0. The van der Waals surface area contributed by atoms with Gasteiger partial charge in [-0.2, -0.15) is 4.31 Å². The molecule has 0 radical (unpaired) electrons. The van der Waals surface area contributed by atoms with E-state index in [0.29, 0.717) is 24.1 Å². The molecule has 2 heterocycles. The number of hydrogen-bond donors (Lipinski definition) is 1. The highest BCUT2D eigenvalue weighted by atomic mass is 79.9. The third-order valence-corrected chi connectivity index (χ3v) is 6.79. The molecule has 2 N–H and O–H groups in total. The molecule has 21 heavy (non-hydrogen) atoms. The zero-order valence-corrected chi connectivity index (χ0v) is 13.8. The van der Waals surface area contributed by atoms with Crippen molar-refractivity contribution in [3.05, 3.63) is 22.4 Å². The number of piperazine rings is 1. The van der Waals surface area contributed by atoms with Gasteiger partial charge in [0.1, 0.15) is 10.7 Å². The summed E-state index contributed by atoms with van der Waals surface area (Å²) in [5.41, 5.74) is 5.91. The number of benzene rings is 1. The summed E-state index contributed by atoms with van der Waals surface area (Å²) < 4.78 is 41.1.